The second-order valence-corrected chi connectivity index (χ2v) is 6.79. The molecule has 3 nitrogen and oxygen atoms in total. The van der Waals surface area contributed by atoms with Gasteiger partial charge >= 0.3 is 0 Å². The monoisotopic (exact) mass is 243 g/mol. The first-order chi connectivity index (χ1) is 8.70. The molecule has 0 aliphatic heterocycles. The van der Waals surface area contributed by atoms with Crippen molar-refractivity contribution in [1.29, 1.82) is 0 Å². The highest BCUT2D eigenvalue weighted by Crippen LogP contribution is 2.59. The SMILES string of the molecule is Cc1cc(N)nnc1C1C2CC3CC(C2)CC1C3. The quantitative estimate of drug-likeness (QED) is 0.825. The molecule has 2 N–H and O–H groups in total. The van der Waals surface area contributed by atoms with E-state index in [1.54, 1.807) is 0 Å². The van der Waals surface area contributed by atoms with Crippen LogP contribution in [-0.4, -0.2) is 10.2 Å². The summed E-state index contributed by atoms with van der Waals surface area (Å²) in [5.74, 6) is 5.01. The van der Waals surface area contributed by atoms with Gasteiger partial charge in [0.1, 0.15) is 5.82 Å². The number of hydrogen-bond donors (Lipinski definition) is 1. The third-order valence-corrected chi connectivity index (χ3v) is 5.58. The zero-order chi connectivity index (χ0) is 12.3. The van der Waals surface area contributed by atoms with Crippen LogP contribution in [0.25, 0.3) is 0 Å². The molecule has 4 fully saturated rings. The normalized spacial score (nSPS) is 41.3. The van der Waals surface area contributed by atoms with Crippen LogP contribution in [0.2, 0.25) is 0 Å². The van der Waals surface area contributed by atoms with Gasteiger partial charge in [0.05, 0.1) is 5.69 Å². The van der Waals surface area contributed by atoms with Crippen LogP contribution < -0.4 is 5.73 Å². The highest BCUT2D eigenvalue weighted by molar-refractivity contribution is 5.35. The number of nitrogens with two attached hydrogens (primary N) is 1. The Morgan fingerprint density at radius 2 is 1.61 bits per heavy atom. The standard InChI is InChI=1S/C15H21N3/c1-8-2-13(16)17-18-15(8)14-11-4-9-3-10(6-11)7-12(14)5-9/h2,9-12,14H,3-7H2,1H3,(H2,16,17). The summed E-state index contributed by atoms with van der Waals surface area (Å²) in [5, 5.41) is 8.55. The molecule has 0 atom stereocenters. The minimum Gasteiger partial charge on any atom is -0.382 e. The fourth-order valence-corrected chi connectivity index (χ4v) is 5.22. The third-order valence-electron chi connectivity index (χ3n) is 5.58. The Hall–Kier alpha value is -1.12. The molecule has 1 aromatic heterocycles. The second kappa shape index (κ2) is 3.69. The van der Waals surface area contributed by atoms with E-state index < -0.39 is 0 Å². The molecule has 0 radical (unpaired) electrons. The van der Waals surface area contributed by atoms with Crippen molar-refractivity contribution in [3.05, 3.63) is 17.3 Å². The molecule has 0 unspecified atom stereocenters. The summed E-state index contributed by atoms with van der Waals surface area (Å²) < 4.78 is 0. The van der Waals surface area contributed by atoms with Crippen LogP contribution in [0, 0.1) is 30.6 Å². The summed E-state index contributed by atoms with van der Waals surface area (Å²) in [4.78, 5) is 0. The van der Waals surface area contributed by atoms with E-state index in [0.717, 1.165) is 23.7 Å². The molecule has 0 aromatic carbocycles. The van der Waals surface area contributed by atoms with E-state index in [0.29, 0.717) is 11.7 Å². The van der Waals surface area contributed by atoms with Crippen molar-refractivity contribution in [2.24, 2.45) is 23.7 Å². The number of aromatic nitrogens is 2. The minimum atomic E-state index is 0.556. The lowest BCUT2D eigenvalue weighted by molar-refractivity contribution is -0.00464. The third kappa shape index (κ3) is 1.49. The van der Waals surface area contributed by atoms with Gasteiger partial charge in [-0.2, -0.15) is 5.10 Å². The van der Waals surface area contributed by atoms with Gasteiger partial charge in [-0.1, -0.05) is 0 Å². The second-order valence-electron chi connectivity index (χ2n) is 6.79. The van der Waals surface area contributed by atoms with Gasteiger partial charge in [0, 0.05) is 5.92 Å². The molecule has 5 rings (SSSR count). The fraction of sp³-hybridized carbons (Fsp3) is 0.733. The molecule has 1 heterocycles. The average Bonchev–Trinajstić information content (AvgIpc) is 2.30. The molecule has 4 aliphatic carbocycles. The fourth-order valence-electron chi connectivity index (χ4n) is 5.22. The maximum atomic E-state index is 5.73. The first kappa shape index (κ1) is 10.8. The van der Waals surface area contributed by atoms with Crippen LogP contribution >= 0.6 is 0 Å². The number of rotatable bonds is 1. The van der Waals surface area contributed by atoms with Crippen molar-refractivity contribution in [1.82, 2.24) is 10.2 Å². The molecule has 0 saturated heterocycles. The summed E-state index contributed by atoms with van der Waals surface area (Å²) in [5.41, 5.74) is 8.23. The van der Waals surface area contributed by atoms with E-state index in [9.17, 15) is 0 Å². The van der Waals surface area contributed by atoms with Gasteiger partial charge in [0.2, 0.25) is 0 Å². The Bertz CT molecular complexity index is 455. The van der Waals surface area contributed by atoms with Gasteiger partial charge < -0.3 is 5.73 Å². The molecule has 0 spiro atoms. The number of nitrogen functional groups attached to an aromatic ring is 1. The molecule has 0 amide bonds. The molecule has 96 valence electrons. The topological polar surface area (TPSA) is 51.8 Å². The summed E-state index contributed by atoms with van der Waals surface area (Å²) in [6.07, 6.45) is 7.24. The molecule has 4 saturated carbocycles. The van der Waals surface area contributed by atoms with E-state index in [1.165, 1.54) is 43.4 Å². The maximum absolute atomic E-state index is 5.73. The van der Waals surface area contributed by atoms with Crippen LogP contribution in [0.3, 0.4) is 0 Å². The van der Waals surface area contributed by atoms with Crippen LogP contribution in [0.5, 0.6) is 0 Å². The molecular formula is C15H21N3. The van der Waals surface area contributed by atoms with Crippen molar-refractivity contribution in [3.63, 3.8) is 0 Å². The van der Waals surface area contributed by atoms with Gasteiger partial charge in [-0.25, -0.2) is 0 Å². The van der Waals surface area contributed by atoms with Gasteiger partial charge in [-0.3, -0.25) is 0 Å². The van der Waals surface area contributed by atoms with Crippen LogP contribution in [0.4, 0.5) is 5.82 Å². The largest absolute Gasteiger partial charge is 0.382 e. The van der Waals surface area contributed by atoms with Crippen LogP contribution in [-0.2, 0) is 0 Å². The number of anilines is 1. The molecule has 3 heteroatoms. The first-order valence-electron chi connectivity index (χ1n) is 7.30. The average molecular weight is 243 g/mol. The van der Waals surface area contributed by atoms with E-state index in [-0.39, 0.29) is 0 Å². The summed E-state index contributed by atoms with van der Waals surface area (Å²) in [6.45, 7) is 2.14. The predicted molar refractivity (Wildman–Crippen MR) is 71.0 cm³/mol. The molecule has 18 heavy (non-hydrogen) atoms. The lowest BCUT2D eigenvalue weighted by atomic mass is 9.51. The van der Waals surface area contributed by atoms with Gasteiger partial charge in [-0.05, 0) is 74.3 Å². The molecule has 1 aromatic rings. The summed E-state index contributed by atoms with van der Waals surface area (Å²) >= 11 is 0. The van der Waals surface area contributed by atoms with Gasteiger partial charge in [-0.15, -0.1) is 5.10 Å². The number of aryl methyl sites for hydroxylation is 1. The molecule has 4 aliphatic rings. The van der Waals surface area contributed by atoms with E-state index in [2.05, 4.69) is 17.1 Å². The van der Waals surface area contributed by atoms with E-state index in [4.69, 9.17) is 5.73 Å². The molecular weight excluding hydrogens is 222 g/mol. The van der Waals surface area contributed by atoms with E-state index >= 15 is 0 Å². The Kier molecular flexibility index (Phi) is 2.21. The maximum Gasteiger partial charge on any atom is 0.146 e. The number of nitrogens with zero attached hydrogens (tertiary/aromatic N) is 2. The smallest absolute Gasteiger partial charge is 0.146 e. The highest BCUT2D eigenvalue weighted by Gasteiger charge is 2.49. The van der Waals surface area contributed by atoms with Crippen molar-refractivity contribution in [2.45, 2.75) is 44.9 Å². The summed E-state index contributed by atoms with van der Waals surface area (Å²) in [7, 11) is 0. The van der Waals surface area contributed by atoms with Crippen molar-refractivity contribution in [2.75, 3.05) is 5.73 Å². The van der Waals surface area contributed by atoms with Gasteiger partial charge in [0.25, 0.3) is 0 Å². The van der Waals surface area contributed by atoms with E-state index in [1.807, 2.05) is 6.07 Å². The Labute approximate surface area is 108 Å². The Balaban J connectivity index is 1.72. The Morgan fingerprint density at radius 1 is 1.00 bits per heavy atom. The zero-order valence-corrected chi connectivity index (χ0v) is 11.0. The lowest BCUT2D eigenvalue weighted by Gasteiger charge is -2.54. The Morgan fingerprint density at radius 3 is 2.17 bits per heavy atom. The van der Waals surface area contributed by atoms with Crippen molar-refractivity contribution in [3.8, 4) is 0 Å². The lowest BCUT2D eigenvalue weighted by Crippen LogP contribution is -2.44. The van der Waals surface area contributed by atoms with Gasteiger partial charge in [0.15, 0.2) is 0 Å². The predicted octanol–water partition coefficient (Wildman–Crippen LogP) is 2.91. The number of hydrogen-bond acceptors (Lipinski definition) is 3. The van der Waals surface area contributed by atoms with Crippen LogP contribution in [0.15, 0.2) is 6.07 Å². The molecule has 4 bridgehead atoms. The van der Waals surface area contributed by atoms with Crippen LogP contribution in [0.1, 0.15) is 49.3 Å². The first-order valence-corrected chi connectivity index (χ1v) is 7.30. The minimum absolute atomic E-state index is 0.556. The van der Waals surface area contributed by atoms with Crippen molar-refractivity contribution >= 4 is 5.82 Å². The van der Waals surface area contributed by atoms with Crippen molar-refractivity contribution < 1.29 is 0 Å². The highest BCUT2D eigenvalue weighted by atomic mass is 15.1. The zero-order valence-electron chi connectivity index (χ0n) is 11.0. The summed E-state index contributed by atoms with van der Waals surface area (Å²) in [6, 6.07) is 1.99.